The van der Waals surface area contributed by atoms with Gasteiger partial charge in [-0.05, 0) is 55.5 Å². The van der Waals surface area contributed by atoms with Crippen LogP contribution in [-0.4, -0.2) is 33.6 Å². The standard InChI is InChI=1S/C19H23F3N4/c1-25-7-6-24-17(25)12-26(16-10-19(16)2-4-23-5-3-19)11-13-8-14(20)18(22)15(21)9-13/h6-9,16,23H,2-5,10-12H2,1H3. The topological polar surface area (TPSA) is 33.1 Å². The molecule has 1 aliphatic heterocycles. The van der Waals surface area contributed by atoms with Crippen molar-refractivity contribution in [1.82, 2.24) is 19.8 Å². The van der Waals surface area contributed by atoms with E-state index in [0.717, 1.165) is 50.3 Å². The summed E-state index contributed by atoms with van der Waals surface area (Å²) in [5.74, 6) is -2.77. The van der Waals surface area contributed by atoms with Crippen LogP contribution in [0.1, 0.15) is 30.7 Å². The zero-order chi connectivity index (χ0) is 18.3. The molecule has 2 aromatic rings. The van der Waals surface area contributed by atoms with E-state index in [1.165, 1.54) is 0 Å². The Kier molecular flexibility index (Phi) is 4.52. The lowest BCUT2D eigenvalue weighted by Gasteiger charge is -2.29. The highest BCUT2D eigenvalue weighted by Crippen LogP contribution is 2.56. The number of rotatable bonds is 5. The van der Waals surface area contributed by atoms with E-state index in [-0.39, 0.29) is 5.41 Å². The van der Waals surface area contributed by atoms with E-state index < -0.39 is 17.5 Å². The second-order valence-electron chi connectivity index (χ2n) is 7.57. The first-order chi connectivity index (χ1) is 12.5. The van der Waals surface area contributed by atoms with E-state index >= 15 is 0 Å². The highest BCUT2D eigenvalue weighted by atomic mass is 19.2. The minimum absolute atomic E-state index is 0.285. The van der Waals surface area contributed by atoms with Crippen LogP contribution in [0.25, 0.3) is 0 Å². The molecular formula is C19H23F3N4. The van der Waals surface area contributed by atoms with Crippen molar-refractivity contribution >= 4 is 0 Å². The third kappa shape index (κ3) is 3.25. The van der Waals surface area contributed by atoms with Gasteiger partial charge in [0.1, 0.15) is 5.82 Å². The number of nitrogens with zero attached hydrogens (tertiary/aromatic N) is 3. The normalized spacial score (nSPS) is 21.5. The van der Waals surface area contributed by atoms with Crippen LogP contribution in [0.5, 0.6) is 0 Å². The molecule has 4 nitrogen and oxygen atoms in total. The third-order valence-electron chi connectivity index (χ3n) is 5.88. The zero-order valence-corrected chi connectivity index (χ0v) is 14.8. The molecule has 0 radical (unpaired) electrons. The van der Waals surface area contributed by atoms with Crippen LogP contribution in [0.15, 0.2) is 24.5 Å². The number of nitrogens with one attached hydrogen (secondary N) is 1. The molecule has 140 valence electrons. The molecule has 1 N–H and O–H groups in total. The minimum Gasteiger partial charge on any atom is -0.337 e. The van der Waals surface area contributed by atoms with E-state index in [2.05, 4.69) is 15.2 Å². The monoisotopic (exact) mass is 364 g/mol. The molecule has 1 aromatic carbocycles. The van der Waals surface area contributed by atoms with Crippen molar-refractivity contribution in [2.24, 2.45) is 12.5 Å². The van der Waals surface area contributed by atoms with Gasteiger partial charge in [0.15, 0.2) is 17.5 Å². The molecule has 1 unspecified atom stereocenters. The zero-order valence-electron chi connectivity index (χ0n) is 14.8. The first-order valence-corrected chi connectivity index (χ1v) is 9.03. The largest absolute Gasteiger partial charge is 0.337 e. The summed E-state index contributed by atoms with van der Waals surface area (Å²) in [4.78, 5) is 6.63. The Balaban J connectivity index is 1.58. The van der Waals surface area contributed by atoms with Gasteiger partial charge in [0.25, 0.3) is 0 Å². The second kappa shape index (κ2) is 6.70. The third-order valence-corrected chi connectivity index (χ3v) is 5.88. The van der Waals surface area contributed by atoms with E-state index in [9.17, 15) is 13.2 Å². The van der Waals surface area contributed by atoms with Crippen LogP contribution in [-0.2, 0) is 20.1 Å². The number of hydrogen-bond acceptors (Lipinski definition) is 3. The predicted octanol–water partition coefficient (Wildman–Crippen LogP) is 2.98. The number of hydrogen-bond donors (Lipinski definition) is 1. The van der Waals surface area contributed by atoms with Gasteiger partial charge in [-0.2, -0.15) is 0 Å². The quantitative estimate of drug-likeness (QED) is 0.828. The number of aryl methyl sites for hydroxylation is 1. The Morgan fingerprint density at radius 3 is 2.50 bits per heavy atom. The van der Waals surface area contributed by atoms with Crippen molar-refractivity contribution in [2.45, 2.75) is 38.4 Å². The second-order valence-corrected chi connectivity index (χ2v) is 7.57. The lowest BCUT2D eigenvalue weighted by Crippen LogP contribution is -2.36. The van der Waals surface area contributed by atoms with Gasteiger partial charge in [0.05, 0.1) is 6.54 Å². The molecule has 2 aliphatic rings. The summed E-state index contributed by atoms with van der Waals surface area (Å²) in [6.45, 7) is 2.99. The number of benzene rings is 1. The van der Waals surface area contributed by atoms with Gasteiger partial charge in [-0.3, -0.25) is 4.90 Å². The minimum atomic E-state index is -1.41. The summed E-state index contributed by atoms with van der Waals surface area (Å²) in [6.07, 6.45) is 6.95. The maximum atomic E-state index is 13.6. The Morgan fingerprint density at radius 2 is 1.88 bits per heavy atom. The van der Waals surface area contributed by atoms with Crippen LogP contribution < -0.4 is 5.32 Å². The fraction of sp³-hybridized carbons (Fsp3) is 0.526. The van der Waals surface area contributed by atoms with Crippen LogP contribution in [0.2, 0.25) is 0 Å². The van der Waals surface area contributed by atoms with Gasteiger partial charge < -0.3 is 9.88 Å². The molecule has 0 amide bonds. The summed E-state index contributed by atoms with van der Waals surface area (Å²) in [5, 5.41) is 3.39. The highest BCUT2D eigenvalue weighted by Gasteiger charge is 2.56. The maximum absolute atomic E-state index is 13.6. The van der Waals surface area contributed by atoms with Crippen molar-refractivity contribution in [3.8, 4) is 0 Å². The Labute approximate surface area is 151 Å². The lowest BCUT2D eigenvalue weighted by atomic mass is 9.93. The molecule has 1 aliphatic carbocycles. The van der Waals surface area contributed by atoms with Crippen molar-refractivity contribution in [1.29, 1.82) is 0 Å². The highest BCUT2D eigenvalue weighted by molar-refractivity contribution is 5.21. The molecule has 4 rings (SSSR count). The molecule has 1 saturated heterocycles. The van der Waals surface area contributed by atoms with Crippen LogP contribution >= 0.6 is 0 Å². The fourth-order valence-electron chi connectivity index (χ4n) is 4.25. The summed E-state index contributed by atoms with van der Waals surface area (Å²) < 4.78 is 42.5. The Morgan fingerprint density at radius 1 is 1.19 bits per heavy atom. The molecule has 1 spiro atoms. The average Bonchev–Trinajstić information content (AvgIpc) is 3.14. The fourth-order valence-corrected chi connectivity index (χ4v) is 4.25. The van der Waals surface area contributed by atoms with Crippen LogP contribution in [0.4, 0.5) is 13.2 Å². The Bertz CT molecular complexity index is 775. The number of piperidine rings is 1. The van der Waals surface area contributed by atoms with Crippen LogP contribution in [0.3, 0.4) is 0 Å². The number of aromatic nitrogens is 2. The summed E-state index contributed by atoms with van der Waals surface area (Å²) in [6, 6.07) is 2.56. The number of halogens is 3. The summed E-state index contributed by atoms with van der Waals surface area (Å²) >= 11 is 0. The van der Waals surface area contributed by atoms with Crippen molar-refractivity contribution < 1.29 is 13.2 Å². The Hall–Kier alpha value is -1.86. The maximum Gasteiger partial charge on any atom is 0.194 e. The molecule has 2 heterocycles. The molecular weight excluding hydrogens is 341 g/mol. The first-order valence-electron chi connectivity index (χ1n) is 9.03. The molecule has 0 bridgehead atoms. The van der Waals surface area contributed by atoms with Gasteiger partial charge in [0.2, 0.25) is 0 Å². The average molecular weight is 364 g/mol. The molecule has 1 atom stereocenters. The smallest absolute Gasteiger partial charge is 0.194 e. The SMILES string of the molecule is Cn1ccnc1CN(Cc1cc(F)c(F)c(F)c1)C1CC12CCNCC2. The first kappa shape index (κ1) is 17.5. The van der Waals surface area contributed by atoms with Crippen LogP contribution in [0, 0.1) is 22.9 Å². The summed E-state index contributed by atoms with van der Waals surface area (Å²) in [7, 11) is 1.94. The van der Waals surface area contributed by atoms with E-state index in [1.807, 2.05) is 17.8 Å². The molecule has 26 heavy (non-hydrogen) atoms. The van der Waals surface area contributed by atoms with Gasteiger partial charge >= 0.3 is 0 Å². The molecule has 1 aromatic heterocycles. The molecule has 2 fully saturated rings. The number of imidazole rings is 1. The molecule has 7 heteroatoms. The molecule has 1 saturated carbocycles. The lowest BCUT2D eigenvalue weighted by molar-refractivity contribution is 0.182. The van der Waals surface area contributed by atoms with Crippen molar-refractivity contribution in [3.63, 3.8) is 0 Å². The van der Waals surface area contributed by atoms with E-state index in [1.54, 1.807) is 6.20 Å². The summed E-state index contributed by atoms with van der Waals surface area (Å²) in [5.41, 5.74) is 0.736. The van der Waals surface area contributed by atoms with Gasteiger partial charge in [-0.25, -0.2) is 18.2 Å². The van der Waals surface area contributed by atoms with Gasteiger partial charge in [0, 0.05) is 32.0 Å². The van der Waals surface area contributed by atoms with E-state index in [0.29, 0.717) is 24.7 Å². The van der Waals surface area contributed by atoms with Gasteiger partial charge in [-0.1, -0.05) is 0 Å². The predicted molar refractivity (Wildman–Crippen MR) is 91.7 cm³/mol. The van der Waals surface area contributed by atoms with E-state index in [4.69, 9.17) is 0 Å². The van der Waals surface area contributed by atoms with Crippen molar-refractivity contribution in [3.05, 3.63) is 53.4 Å². The van der Waals surface area contributed by atoms with Gasteiger partial charge in [-0.15, -0.1) is 0 Å². The van der Waals surface area contributed by atoms with Crippen molar-refractivity contribution in [2.75, 3.05) is 13.1 Å².